The average Bonchev–Trinajstić information content (AvgIpc) is 4.06. The number of sulfonamides is 1. The number of halogens is 1. The zero-order chi connectivity index (χ0) is 51.6. The van der Waals surface area contributed by atoms with Gasteiger partial charge in [0.05, 0.1) is 23.9 Å². The number of likely N-dealkylation sites (tertiary alicyclic amines) is 1. The molecular weight excluding hydrogens is 926 g/mol. The molecule has 13 heteroatoms. The summed E-state index contributed by atoms with van der Waals surface area (Å²) in [5.41, 5.74) is 2.80. The number of rotatable bonds is 16. The maximum Gasteiger partial charge on any atom is 0.252 e. The first-order valence-electron chi connectivity index (χ1n) is 25.7. The van der Waals surface area contributed by atoms with Gasteiger partial charge in [0.2, 0.25) is 11.8 Å². The Labute approximate surface area is 428 Å². The third-order valence-corrected chi connectivity index (χ3v) is 17.1. The molecule has 2 atom stereocenters. The number of unbranched alkanes of at least 4 members (excludes halogenated alkanes) is 1. The van der Waals surface area contributed by atoms with Crippen LogP contribution in [0.15, 0.2) is 64.2 Å². The Morgan fingerprint density at radius 3 is 1.90 bits per heavy atom. The molecule has 0 N–H and O–H groups in total. The summed E-state index contributed by atoms with van der Waals surface area (Å²) in [4.78, 5) is 27.8. The average molecular weight is 1020 g/mol. The Bertz CT molecular complexity index is 2080. The van der Waals surface area contributed by atoms with Crippen molar-refractivity contribution in [3.8, 4) is 11.5 Å². The fourth-order valence-corrected chi connectivity index (χ4v) is 11.5. The second-order valence-electron chi connectivity index (χ2n) is 22.3. The number of para-hydroxylation sites is 3. The van der Waals surface area contributed by atoms with Crippen molar-refractivity contribution in [2.45, 2.75) is 153 Å². The molecule has 0 aliphatic carbocycles. The van der Waals surface area contributed by atoms with Crippen LogP contribution in [0.1, 0.15) is 147 Å². The smallest absolute Gasteiger partial charge is 0.252 e. The Morgan fingerprint density at radius 2 is 1.36 bits per heavy atom. The number of thiophene rings is 1. The van der Waals surface area contributed by atoms with Crippen LogP contribution in [-0.4, -0.2) is 88.6 Å². The molecule has 3 aliphatic heterocycles. The molecule has 0 saturated carbocycles. The van der Waals surface area contributed by atoms with Crippen molar-refractivity contribution in [3.63, 3.8) is 0 Å². The zero-order valence-corrected chi connectivity index (χ0v) is 47.4. The van der Waals surface area contributed by atoms with Gasteiger partial charge in [0, 0.05) is 52.2 Å². The molecule has 2 aromatic carbocycles. The molecule has 2 unspecified atom stereocenters. The minimum absolute atomic E-state index is 0.158. The van der Waals surface area contributed by atoms with E-state index in [1.165, 1.54) is 23.3 Å². The summed E-state index contributed by atoms with van der Waals surface area (Å²) in [5.74, 6) is 4.42. The van der Waals surface area contributed by atoms with Gasteiger partial charge in [-0.15, -0.1) is 11.3 Å². The molecule has 1 aromatic heterocycles. The van der Waals surface area contributed by atoms with Crippen molar-refractivity contribution in [2.24, 2.45) is 39.9 Å². The standard InChI is InChI=1S/C16H23NO2.C15H23ClO2.C13H21NO2S2.C12H23NO/c1-5-19-14-9-7-6-8-13(14)17-11-12(10-15(17)18)16(2,3)4;1-4-17-10-11-18-15-13(9-8-12(2)3)6-5-7-14(15)16;1-13(2,3)11-6-8-14(9-7-11)18(15,16)12-5-4-10-17-12;1-5-6-7-13-9-10(8-11(13)14)12(2,3)4/h6-9,12H,5,10-11H2,1-4H3;5-7,12H,4,8-11H2,1-3H3;4-5,10-11H,6-9H2,1-3H3;10H,5-9H2,1-4H3. The highest BCUT2D eigenvalue weighted by Crippen LogP contribution is 2.40. The van der Waals surface area contributed by atoms with Crippen LogP contribution in [0.5, 0.6) is 11.5 Å². The predicted molar refractivity (Wildman–Crippen MR) is 288 cm³/mol. The van der Waals surface area contributed by atoms with Gasteiger partial charge in [-0.1, -0.05) is 131 Å². The van der Waals surface area contributed by atoms with Crippen molar-refractivity contribution < 1.29 is 32.2 Å². The molecule has 3 saturated heterocycles. The largest absolute Gasteiger partial charge is 0.492 e. The number of carbonyl (C=O) groups excluding carboxylic acids is 2. The molecule has 3 aromatic rings. The minimum atomic E-state index is -3.24. The highest BCUT2D eigenvalue weighted by Gasteiger charge is 2.39. The molecule has 4 heterocycles. The maximum absolute atomic E-state index is 12.3. The lowest BCUT2D eigenvalue weighted by Gasteiger charge is -2.37. The van der Waals surface area contributed by atoms with E-state index >= 15 is 0 Å². The predicted octanol–water partition coefficient (Wildman–Crippen LogP) is 13.7. The Balaban J connectivity index is 0.000000245. The van der Waals surface area contributed by atoms with E-state index < -0.39 is 10.0 Å². The first-order chi connectivity index (χ1) is 32.3. The second-order valence-corrected chi connectivity index (χ2v) is 25.8. The van der Waals surface area contributed by atoms with Crippen molar-refractivity contribution in [3.05, 3.63) is 70.6 Å². The number of amides is 2. The van der Waals surface area contributed by atoms with Gasteiger partial charge in [-0.05, 0) is 121 Å². The topological polar surface area (TPSA) is 106 Å². The van der Waals surface area contributed by atoms with Crippen LogP contribution < -0.4 is 14.4 Å². The van der Waals surface area contributed by atoms with Gasteiger partial charge in [0.1, 0.15) is 22.3 Å². The quantitative estimate of drug-likeness (QED) is 0.132. The van der Waals surface area contributed by atoms with Gasteiger partial charge < -0.3 is 24.0 Å². The highest BCUT2D eigenvalue weighted by molar-refractivity contribution is 7.91. The van der Waals surface area contributed by atoms with Gasteiger partial charge >= 0.3 is 0 Å². The summed E-state index contributed by atoms with van der Waals surface area (Å²) in [6, 6.07) is 17.2. The Morgan fingerprint density at radius 1 is 0.739 bits per heavy atom. The van der Waals surface area contributed by atoms with Gasteiger partial charge in [-0.3, -0.25) is 9.59 Å². The van der Waals surface area contributed by atoms with Crippen molar-refractivity contribution in [1.82, 2.24) is 9.21 Å². The summed E-state index contributed by atoms with van der Waals surface area (Å²) in [5, 5.41) is 2.50. The number of nitrogens with zero attached hydrogens (tertiary/aromatic N) is 3. The van der Waals surface area contributed by atoms with Gasteiger partial charge in [-0.25, -0.2) is 8.42 Å². The van der Waals surface area contributed by atoms with Crippen LogP contribution in [-0.2, 0) is 30.8 Å². The van der Waals surface area contributed by atoms with E-state index in [0.29, 0.717) is 84.7 Å². The van der Waals surface area contributed by atoms with Crippen LogP contribution in [0.3, 0.4) is 0 Å². The molecule has 10 nitrogen and oxygen atoms in total. The number of piperidine rings is 1. The molecule has 3 aliphatic rings. The number of benzene rings is 2. The molecule has 2 amide bonds. The fourth-order valence-electron chi connectivity index (χ4n) is 8.60. The summed E-state index contributed by atoms with van der Waals surface area (Å²) in [6.45, 7) is 37.0. The molecule has 3 fully saturated rings. The molecule has 69 heavy (non-hydrogen) atoms. The first kappa shape index (κ1) is 60.1. The number of carbonyl (C=O) groups is 2. The minimum Gasteiger partial charge on any atom is -0.492 e. The molecule has 0 radical (unpaired) electrons. The maximum atomic E-state index is 12.3. The van der Waals surface area contributed by atoms with Crippen LogP contribution in [0.25, 0.3) is 0 Å². The van der Waals surface area contributed by atoms with Crippen LogP contribution in [0.2, 0.25) is 5.02 Å². The Hall–Kier alpha value is -3.16. The number of hydrogen-bond acceptors (Lipinski definition) is 8. The van der Waals surface area contributed by atoms with E-state index in [1.54, 1.807) is 16.4 Å². The molecular formula is C56H90ClN3O7S2. The zero-order valence-electron chi connectivity index (χ0n) is 45.0. The summed E-state index contributed by atoms with van der Waals surface area (Å²) in [6.07, 6.45) is 7.77. The van der Waals surface area contributed by atoms with E-state index in [-0.39, 0.29) is 22.2 Å². The van der Waals surface area contributed by atoms with E-state index in [2.05, 4.69) is 89.2 Å². The van der Waals surface area contributed by atoms with Crippen LogP contribution in [0, 0.1) is 39.9 Å². The summed E-state index contributed by atoms with van der Waals surface area (Å²) in [7, 11) is -3.24. The van der Waals surface area contributed by atoms with E-state index in [1.807, 2.05) is 65.4 Å². The van der Waals surface area contributed by atoms with E-state index in [9.17, 15) is 18.0 Å². The molecule has 0 bridgehead atoms. The molecule has 0 spiro atoms. The van der Waals surface area contributed by atoms with E-state index in [0.717, 1.165) is 75.3 Å². The van der Waals surface area contributed by atoms with Crippen molar-refractivity contribution in [1.29, 1.82) is 0 Å². The van der Waals surface area contributed by atoms with Crippen LogP contribution in [0.4, 0.5) is 5.69 Å². The number of ether oxygens (including phenoxy) is 3. The lowest BCUT2D eigenvalue weighted by Crippen LogP contribution is -2.41. The summed E-state index contributed by atoms with van der Waals surface area (Å²) >= 11 is 7.49. The number of hydrogen-bond donors (Lipinski definition) is 0. The number of aryl methyl sites for hydroxylation is 1. The third kappa shape index (κ3) is 19.4. The first-order valence-corrected chi connectivity index (χ1v) is 28.4. The SMILES string of the molecule is CC(C)(C)C1CCN(S(=O)(=O)c2cccs2)CC1.CCCCN1CC(C(C)(C)C)CC1=O.CCOCCOc1c(Cl)cccc1CCC(C)C.CCOc1ccccc1N1CC(C(C)(C)C)CC1=O. The lowest BCUT2D eigenvalue weighted by molar-refractivity contribution is -0.127. The second kappa shape index (κ2) is 28.2. The van der Waals surface area contributed by atoms with Gasteiger partial charge in [0.25, 0.3) is 10.0 Å². The lowest BCUT2D eigenvalue weighted by atomic mass is 9.76. The molecule has 6 rings (SSSR count). The van der Waals surface area contributed by atoms with Crippen LogP contribution >= 0.6 is 22.9 Å². The van der Waals surface area contributed by atoms with E-state index in [4.69, 9.17) is 25.8 Å². The number of anilines is 1. The normalized spacial score (nSPS) is 18.3. The Kier molecular flexibility index (Phi) is 24.6. The van der Waals surface area contributed by atoms with Crippen molar-refractivity contribution >= 4 is 50.5 Å². The van der Waals surface area contributed by atoms with Crippen molar-refractivity contribution in [2.75, 3.05) is 64.1 Å². The fraction of sp³-hybridized carbons (Fsp3) is 0.679. The van der Waals surface area contributed by atoms with Gasteiger partial charge in [0.15, 0.2) is 0 Å². The third-order valence-electron chi connectivity index (χ3n) is 13.5. The van der Waals surface area contributed by atoms with Gasteiger partial charge in [-0.2, -0.15) is 4.31 Å². The monoisotopic (exact) mass is 1020 g/mol. The summed E-state index contributed by atoms with van der Waals surface area (Å²) < 4.78 is 43.4. The molecule has 390 valence electrons. The highest BCUT2D eigenvalue weighted by atomic mass is 35.5.